The second-order valence-electron chi connectivity index (χ2n) is 5.57. The number of carboxylic acid groups (broad SMARTS) is 1. The quantitative estimate of drug-likeness (QED) is 0.545. The van der Waals surface area contributed by atoms with E-state index < -0.39 is 12.6 Å². The third-order valence-corrected chi connectivity index (χ3v) is 4.52. The fourth-order valence-corrected chi connectivity index (χ4v) is 3.15. The van der Waals surface area contributed by atoms with E-state index in [1.165, 1.54) is 5.01 Å². The van der Waals surface area contributed by atoms with Crippen LogP contribution in [0.2, 0.25) is 0 Å². The van der Waals surface area contributed by atoms with Gasteiger partial charge in [0.1, 0.15) is 5.75 Å². The zero-order chi connectivity index (χ0) is 18.7. The summed E-state index contributed by atoms with van der Waals surface area (Å²) >= 11 is 2.07. The van der Waals surface area contributed by atoms with Gasteiger partial charge in [-0.1, -0.05) is 24.3 Å². The minimum Gasteiger partial charge on any atom is -0.481 e. The van der Waals surface area contributed by atoms with E-state index in [0.29, 0.717) is 22.7 Å². The molecule has 0 spiro atoms. The summed E-state index contributed by atoms with van der Waals surface area (Å²) < 4.78 is 5.98. The molecule has 0 saturated heterocycles. The molecule has 0 fully saturated rings. The Morgan fingerprint density at radius 2 is 2.00 bits per heavy atom. The molecule has 132 valence electrons. The summed E-state index contributed by atoms with van der Waals surface area (Å²) in [4.78, 5) is 23.3. The molecule has 2 aromatic rings. The van der Waals surface area contributed by atoms with Crippen LogP contribution in [-0.2, 0) is 9.59 Å². The second-order valence-corrected chi connectivity index (χ2v) is 6.73. The van der Waals surface area contributed by atoms with Crippen molar-refractivity contribution in [2.75, 3.05) is 11.6 Å². The van der Waals surface area contributed by atoms with E-state index in [0.717, 1.165) is 9.13 Å². The highest BCUT2D eigenvalue weighted by Gasteiger charge is 2.28. The van der Waals surface area contributed by atoms with E-state index in [1.807, 2.05) is 36.4 Å². The lowest BCUT2D eigenvalue weighted by molar-refractivity contribution is -0.139. The van der Waals surface area contributed by atoms with Crippen molar-refractivity contribution in [1.29, 1.82) is 0 Å². The average molecular weight is 462 g/mol. The van der Waals surface area contributed by atoms with Gasteiger partial charge in [-0.2, -0.15) is 10.1 Å². The Labute approximate surface area is 163 Å². The minimum atomic E-state index is -1.03. The molecule has 0 aromatic heterocycles. The summed E-state index contributed by atoms with van der Waals surface area (Å²) in [5.41, 5.74) is 2.68. The maximum Gasteiger partial charge on any atom is 0.341 e. The number of rotatable bonds is 5. The lowest BCUT2D eigenvalue weighted by atomic mass is 10.1. The van der Waals surface area contributed by atoms with Crippen LogP contribution < -0.4 is 9.75 Å². The standard InChI is InChI=1S/C19H15IN2O4/c1-12-15(19(25)22(21-12)14-5-3-2-4-6-14)9-13-7-8-17(16(20)10-13)26-11-18(23)24/h2-10H,11H2,1H3,(H,23,24)/b15-9+. The first-order valence-electron chi connectivity index (χ1n) is 7.76. The van der Waals surface area contributed by atoms with Gasteiger partial charge in [0.2, 0.25) is 0 Å². The van der Waals surface area contributed by atoms with E-state index in [4.69, 9.17) is 9.84 Å². The minimum absolute atomic E-state index is 0.185. The summed E-state index contributed by atoms with van der Waals surface area (Å²) in [5.74, 6) is -0.726. The largest absolute Gasteiger partial charge is 0.481 e. The van der Waals surface area contributed by atoms with Gasteiger partial charge in [-0.15, -0.1) is 0 Å². The van der Waals surface area contributed by atoms with Crippen molar-refractivity contribution in [3.63, 3.8) is 0 Å². The summed E-state index contributed by atoms with van der Waals surface area (Å²) in [7, 11) is 0. The van der Waals surface area contributed by atoms with Crippen LogP contribution in [0.15, 0.2) is 59.2 Å². The van der Waals surface area contributed by atoms with Gasteiger partial charge in [-0.25, -0.2) is 4.79 Å². The van der Waals surface area contributed by atoms with Crippen molar-refractivity contribution in [1.82, 2.24) is 0 Å². The molecule has 1 aliphatic rings. The zero-order valence-corrected chi connectivity index (χ0v) is 16.0. The number of nitrogens with zero attached hydrogens (tertiary/aromatic N) is 2. The van der Waals surface area contributed by atoms with Gasteiger partial charge in [0, 0.05) is 0 Å². The summed E-state index contributed by atoms with van der Waals surface area (Å²) in [6.45, 7) is 1.40. The van der Waals surface area contributed by atoms with Crippen molar-refractivity contribution in [2.45, 2.75) is 6.92 Å². The lowest BCUT2D eigenvalue weighted by Gasteiger charge is -2.11. The summed E-state index contributed by atoms with van der Waals surface area (Å²) in [6, 6.07) is 14.5. The smallest absolute Gasteiger partial charge is 0.341 e. The molecule has 1 aliphatic heterocycles. The van der Waals surface area contributed by atoms with Gasteiger partial charge in [0.15, 0.2) is 6.61 Å². The van der Waals surface area contributed by atoms with Crippen molar-refractivity contribution >= 4 is 51.9 Å². The molecule has 3 rings (SSSR count). The lowest BCUT2D eigenvalue weighted by Crippen LogP contribution is -2.21. The molecule has 0 bridgehead atoms. The molecule has 7 heteroatoms. The van der Waals surface area contributed by atoms with Crippen LogP contribution in [0.4, 0.5) is 5.69 Å². The summed E-state index contributed by atoms with van der Waals surface area (Å²) in [6.07, 6.45) is 1.77. The Kier molecular flexibility index (Phi) is 5.36. The third kappa shape index (κ3) is 3.93. The zero-order valence-electron chi connectivity index (χ0n) is 13.8. The molecule has 0 radical (unpaired) electrons. The number of carboxylic acids is 1. The first kappa shape index (κ1) is 18.1. The van der Waals surface area contributed by atoms with Gasteiger partial charge in [0.05, 0.1) is 20.5 Å². The number of aliphatic carboxylic acids is 1. The fourth-order valence-electron chi connectivity index (χ4n) is 2.46. The Morgan fingerprint density at radius 1 is 1.27 bits per heavy atom. The van der Waals surface area contributed by atoms with Gasteiger partial charge in [0.25, 0.3) is 5.91 Å². The third-order valence-electron chi connectivity index (χ3n) is 3.68. The van der Waals surface area contributed by atoms with Crippen LogP contribution in [0, 0.1) is 3.57 Å². The second kappa shape index (κ2) is 7.69. The van der Waals surface area contributed by atoms with Crippen molar-refractivity contribution in [2.24, 2.45) is 5.10 Å². The number of amides is 1. The first-order chi connectivity index (χ1) is 12.5. The van der Waals surface area contributed by atoms with Crippen molar-refractivity contribution < 1.29 is 19.4 Å². The van der Waals surface area contributed by atoms with Gasteiger partial charge >= 0.3 is 5.97 Å². The van der Waals surface area contributed by atoms with Crippen LogP contribution in [-0.4, -0.2) is 29.3 Å². The Bertz CT molecular complexity index is 922. The molecule has 1 N–H and O–H groups in total. The number of carbonyl (C=O) groups excluding carboxylic acids is 1. The van der Waals surface area contributed by atoms with Crippen LogP contribution in [0.25, 0.3) is 6.08 Å². The SMILES string of the molecule is CC1=NN(c2ccccc2)C(=O)/C1=C/c1ccc(OCC(=O)O)c(I)c1. The number of halogens is 1. The molecule has 1 heterocycles. The number of benzene rings is 2. The van der Waals surface area contributed by atoms with Crippen molar-refractivity contribution in [3.05, 3.63) is 63.2 Å². The number of carbonyl (C=O) groups is 2. The van der Waals surface area contributed by atoms with E-state index in [1.54, 1.807) is 25.1 Å². The van der Waals surface area contributed by atoms with Crippen molar-refractivity contribution in [3.8, 4) is 5.75 Å². The van der Waals surface area contributed by atoms with Crippen LogP contribution in [0.1, 0.15) is 12.5 Å². The highest BCUT2D eigenvalue weighted by atomic mass is 127. The van der Waals surface area contributed by atoms with Crippen LogP contribution in [0.5, 0.6) is 5.75 Å². The molecule has 1 amide bonds. The first-order valence-corrected chi connectivity index (χ1v) is 8.84. The highest BCUT2D eigenvalue weighted by molar-refractivity contribution is 14.1. The van der Waals surface area contributed by atoms with Gasteiger partial charge < -0.3 is 9.84 Å². The van der Waals surface area contributed by atoms with Crippen LogP contribution in [0.3, 0.4) is 0 Å². The topological polar surface area (TPSA) is 79.2 Å². The molecular weight excluding hydrogens is 447 g/mol. The summed E-state index contributed by atoms with van der Waals surface area (Å²) in [5, 5.41) is 14.4. The predicted octanol–water partition coefficient (Wildman–Crippen LogP) is 3.56. The predicted molar refractivity (Wildman–Crippen MR) is 107 cm³/mol. The van der Waals surface area contributed by atoms with Crippen LogP contribution >= 0.6 is 22.6 Å². The highest BCUT2D eigenvalue weighted by Crippen LogP contribution is 2.27. The molecular formula is C19H15IN2O4. The molecule has 26 heavy (non-hydrogen) atoms. The molecule has 6 nitrogen and oxygen atoms in total. The van der Waals surface area contributed by atoms with E-state index in [-0.39, 0.29) is 5.91 Å². The Morgan fingerprint density at radius 3 is 2.65 bits per heavy atom. The fraction of sp³-hybridized carbons (Fsp3) is 0.105. The number of para-hydroxylation sites is 1. The van der Waals surface area contributed by atoms with E-state index in [2.05, 4.69) is 27.7 Å². The Balaban J connectivity index is 1.84. The molecule has 0 unspecified atom stereocenters. The van der Waals surface area contributed by atoms with Gasteiger partial charge in [-0.05, 0) is 65.4 Å². The number of hydrazone groups is 1. The number of hydrogen-bond acceptors (Lipinski definition) is 4. The number of anilines is 1. The maximum absolute atomic E-state index is 12.7. The molecule has 2 aromatic carbocycles. The molecule has 0 atom stereocenters. The molecule has 0 aliphatic carbocycles. The normalized spacial score (nSPS) is 15.3. The maximum atomic E-state index is 12.7. The van der Waals surface area contributed by atoms with E-state index >= 15 is 0 Å². The number of hydrogen-bond donors (Lipinski definition) is 1. The van der Waals surface area contributed by atoms with E-state index in [9.17, 15) is 9.59 Å². The number of ether oxygens (including phenoxy) is 1. The average Bonchev–Trinajstić information content (AvgIpc) is 2.90. The Hall–Kier alpha value is -2.68. The monoisotopic (exact) mass is 462 g/mol. The van der Waals surface area contributed by atoms with Gasteiger partial charge in [-0.3, -0.25) is 4.79 Å². The molecule has 0 saturated carbocycles.